The molecule has 2 aromatic heterocycles. The Bertz CT molecular complexity index is 870. The van der Waals surface area contributed by atoms with E-state index in [1.165, 1.54) is 4.63 Å². The molecule has 24 heavy (non-hydrogen) atoms. The lowest BCUT2D eigenvalue weighted by Gasteiger charge is -2.20. The van der Waals surface area contributed by atoms with Gasteiger partial charge in [0.1, 0.15) is 0 Å². The van der Waals surface area contributed by atoms with Crippen LogP contribution in [0.5, 0.6) is 0 Å². The SMILES string of the molecule is CC(=O)N(Cc1ccc(Nc2ccc3nnnn3n2)cc1)C1CC1. The van der Waals surface area contributed by atoms with Crippen LogP contribution in [0.2, 0.25) is 0 Å². The van der Waals surface area contributed by atoms with Gasteiger partial charge in [0.15, 0.2) is 11.5 Å². The molecule has 0 saturated heterocycles. The third-order valence-corrected chi connectivity index (χ3v) is 4.04. The lowest BCUT2D eigenvalue weighted by molar-refractivity contribution is -0.130. The Morgan fingerprint density at radius 3 is 2.75 bits per heavy atom. The van der Waals surface area contributed by atoms with Crippen molar-refractivity contribution in [1.29, 1.82) is 0 Å². The number of nitrogens with one attached hydrogen (secondary N) is 1. The Kier molecular flexibility index (Phi) is 3.56. The number of tetrazole rings is 1. The van der Waals surface area contributed by atoms with Crippen molar-refractivity contribution in [3.05, 3.63) is 42.0 Å². The molecule has 8 nitrogen and oxygen atoms in total. The van der Waals surface area contributed by atoms with Crippen molar-refractivity contribution in [1.82, 2.24) is 30.2 Å². The molecule has 1 aliphatic rings. The first-order chi connectivity index (χ1) is 11.7. The molecule has 0 atom stereocenters. The second kappa shape index (κ2) is 5.88. The third kappa shape index (κ3) is 3.03. The maximum Gasteiger partial charge on any atom is 0.219 e. The highest BCUT2D eigenvalue weighted by Gasteiger charge is 2.30. The van der Waals surface area contributed by atoms with Gasteiger partial charge in [-0.25, -0.2) is 0 Å². The van der Waals surface area contributed by atoms with Crippen molar-refractivity contribution in [2.45, 2.75) is 32.4 Å². The van der Waals surface area contributed by atoms with E-state index in [1.54, 1.807) is 13.0 Å². The molecule has 1 N–H and O–H groups in total. The number of aromatic nitrogens is 5. The Morgan fingerprint density at radius 2 is 2.04 bits per heavy atom. The molecule has 1 saturated carbocycles. The number of benzene rings is 1. The molecule has 1 fully saturated rings. The molecule has 0 bridgehead atoms. The summed E-state index contributed by atoms with van der Waals surface area (Å²) in [5.74, 6) is 0.796. The summed E-state index contributed by atoms with van der Waals surface area (Å²) in [5, 5.41) is 18.6. The van der Waals surface area contributed by atoms with Crippen LogP contribution in [0, 0.1) is 0 Å². The van der Waals surface area contributed by atoms with Gasteiger partial charge in [-0.2, -0.15) is 0 Å². The number of rotatable bonds is 5. The zero-order valence-electron chi connectivity index (χ0n) is 13.3. The Labute approximate surface area is 138 Å². The van der Waals surface area contributed by atoms with Gasteiger partial charge in [-0.05, 0) is 53.1 Å². The van der Waals surface area contributed by atoms with Crippen molar-refractivity contribution in [2.75, 3.05) is 5.32 Å². The largest absolute Gasteiger partial charge is 0.339 e. The van der Waals surface area contributed by atoms with Gasteiger partial charge in [0.05, 0.1) is 0 Å². The summed E-state index contributed by atoms with van der Waals surface area (Å²) in [6, 6.07) is 12.0. The summed E-state index contributed by atoms with van der Waals surface area (Å²) >= 11 is 0. The van der Waals surface area contributed by atoms with Gasteiger partial charge in [0, 0.05) is 25.2 Å². The highest BCUT2D eigenvalue weighted by atomic mass is 16.2. The van der Waals surface area contributed by atoms with E-state index in [0.29, 0.717) is 24.1 Å². The van der Waals surface area contributed by atoms with Crippen molar-refractivity contribution < 1.29 is 4.79 Å². The molecule has 1 amide bonds. The fourth-order valence-corrected chi connectivity index (χ4v) is 2.64. The van der Waals surface area contributed by atoms with Gasteiger partial charge in [-0.15, -0.1) is 14.8 Å². The van der Waals surface area contributed by atoms with Crippen LogP contribution in [-0.4, -0.2) is 42.1 Å². The van der Waals surface area contributed by atoms with Crippen LogP contribution < -0.4 is 5.32 Å². The van der Waals surface area contributed by atoms with Crippen LogP contribution in [0.4, 0.5) is 11.5 Å². The maximum atomic E-state index is 11.7. The first kappa shape index (κ1) is 14.6. The molecule has 0 aliphatic heterocycles. The predicted molar refractivity (Wildman–Crippen MR) is 87.5 cm³/mol. The van der Waals surface area contributed by atoms with Crippen molar-refractivity contribution in [2.24, 2.45) is 0 Å². The topological polar surface area (TPSA) is 88.3 Å². The first-order valence-electron chi connectivity index (χ1n) is 7.88. The smallest absolute Gasteiger partial charge is 0.219 e. The van der Waals surface area contributed by atoms with Crippen LogP contribution in [0.3, 0.4) is 0 Å². The molecule has 0 spiro atoms. The highest BCUT2D eigenvalue weighted by Crippen LogP contribution is 2.28. The monoisotopic (exact) mass is 323 g/mol. The number of carbonyl (C=O) groups excluding carboxylic acids is 1. The average molecular weight is 323 g/mol. The van der Waals surface area contributed by atoms with Crippen molar-refractivity contribution in [3.8, 4) is 0 Å². The van der Waals surface area contributed by atoms with Gasteiger partial charge >= 0.3 is 0 Å². The Balaban J connectivity index is 1.45. The average Bonchev–Trinajstić information content (AvgIpc) is 3.31. The fraction of sp³-hybridized carbons (Fsp3) is 0.312. The number of nitrogens with zero attached hydrogens (tertiary/aromatic N) is 6. The summed E-state index contributed by atoms with van der Waals surface area (Å²) in [6.07, 6.45) is 2.23. The van der Waals surface area contributed by atoms with E-state index in [4.69, 9.17) is 0 Å². The zero-order valence-corrected chi connectivity index (χ0v) is 13.3. The van der Waals surface area contributed by atoms with Gasteiger partial charge in [0.2, 0.25) is 5.91 Å². The van der Waals surface area contributed by atoms with E-state index in [0.717, 1.165) is 24.1 Å². The van der Waals surface area contributed by atoms with E-state index in [2.05, 4.69) is 25.9 Å². The number of anilines is 2. The molecule has 0 unspecified atom stereocenters. The summed E-state index contributed by atoms with van der Waals surface area (Å²) in [6.45, 7) is 2.30. The minimum atomic E-state index is 0.138. The van der Waals surface area contributed by atoms with Crippen LogP contribution in [0.1, 0.15) is 25.3 Å². The van der Waals surface area contributed by atoms with E-state index in [9.17, 15) is 4.79 Å². The molecule has 122 valence electrons. The number of amides is 1. The Hall–Kier alpha value is -3.03. The zero-order chi connectivity index (χ0) is 16.5. The summed E-state index contributed by atoms with van der Waals surface area (Å²) < 4.78 is 1.37. The van der Waals surface area contributed by atoms with Crippen molar-refractivity contribution in [3.63, 3.8) is 0 Å². The molecular formula is C16H17N7O. The van der Waals surface area contributed by atoms with E-state index >= 15 is 0 Å². The molecule has 8 heteroatoms. The Morgan fingerprint density at radius 1 is 1.25 bits per heavy atom. The van der Waals surface area contributed by atoms with Crippen LogP contribution in [0.25, 0.3) is 5.65 Å². The molecule has 3 aromatic rings. The fourth-order valence-electron chi connectivity index (χ4n) is 2.64. The summed E-state index contributed by atoms with van der Waals surface area (Å²) in [7, 11) is 0. The van der Waals surface area contributed by atoms with E-state index in [-0.39, 0.29) is 5.91 Å². The van der Waals surface area contributed by atoms with Crippen LogP contribution in [0.15, 0.2) is 36.4 Å². The number of hydrogen-bond donors (Lipinski definition) is 1. The molecule has 0 radical (unpaired) electrons. The lowest BCUT2D eigenvalue weighted by atomic mass is 10.2. The lowest BCUT2D eigenvalue weighted by Crippen LogP contribution is -2.30. The second-order valence-corrected chi connectivity index (χ2v) is 5.95. The van der Waals surface area contributed by atoms with Crippen molar-refractivity contribution >= 4 is 23.1 Å². The maximum absolute atomic E-state index is 11.7. The van der Waals surface area contributed by atoms with Crippen LogP contribution in [-0.2, 0) is 11.3 Å². The third-order valence-electron chi connectivity index (χ3n) is 4.04. The molecule has 2 heterocycles. The minimum absolute atomic E-state index is 0.138. The number of hydrogen-bond acceptors (Lipinski definition) is 6. The van der Waals surface area contributed by atoms with E-state index < -0.39 is 0 Å². The number of fused-ring (bicyclic) bond motifs is 1. The summed E-state index contributed by atoms with van der Waals surface area (Å²) in [5.41, 5.74) is 2.63. The van der Waals surface area contributed by atoms with Crippen LogP contribution >= 0.6 is 0 Å². The highest BCUT2D eigenvalue weighted by molar-refractivity contribution is 5.74. The van der Waals surface area contributed by atoms with Gasteiger partial charge in [-0.3, -0.25) is 4.79 Å². The quantitative estimate of drug-likeness (QED) is 0.770. The number of carbonyl (C=O) groups is 1. The summed E-state index contributed by atoms with van der Waals surface area (Å²) in [4.78, 5) is 13.6. The first-order valence-corrected chi connectivity index (χ1v) is 7.88. The minimum Gasteiger partial charge on any atom is -0.339 e. The molecular weight excluding hydrogens is 306 g/mol. The van der Waals surface area contributed by atoms with Gasteiger partial charge < -0.3 is 10.2 Å². The van der Waals surface area contributed by atoms with E-state index in [1.807, 2.05) is 35.2 Å². The standard InChI is InChI=1S/C16H17N7O/c1-11(24)22(14-6-7-14)10-12-2-4-13(5-3-12)17-15-8-9-16-18-20-21-23(16)19-15/h2-5,8-9,14H,6-7,10H2,1H3,(H,17,19). The molecule has 4 rings (SSSR count). The predicted octanol–water partition coefficient (Wildman–Crippen LogP) is 1.77. The second-order valence-electron chi connectivity index (χ2n) is 5.95. The normalized spacial score (nSPS) is 13.9. The molecule has 1 aliphatic carbocycles. The van der Waals surface area contributed by atoms with Gasteiger partial charge in [-0.1, -0.05) is 12.1 Å². The van der Waals surface area contributed by atoms with Gasteiger partial charge in [0.25, 0.3) is 0 Å². The molecule has 1 aromatic carbocycles.